The number of carbonyl (C=O) groups excluding carboxylic acids is 1. The van der Waals surface area contributed by atoms with E-state index >= 15 is 0 Å². The summed E-state index contributed by atoms with van der Waals surface area (Å²) in [6.07, 6.45) is 18.3. The van der Waals surface area contributed by atoms with E-state index in [1.165, 1.54) is 63.9 Å². The topological polar surface area (TPSA) is 226 Å². The lowest BCUT2D eigenvalue weighted by atomic mass is 9.85. The Balaban J connectivity index is 2.64. The van der Waals surface area contributed by atoms with Crippen molar-refractivity contribution in [3.05, 3.63) is 36.5 Å². The molecule has 0 spiro atoms. The third-order valence-electron chi connectivity index (χ3n) is 9.69. The number of hydrogen-bond acceptors (Lipinski definition) is 11. The van der Waals surface area contributed by atoms with Crippen LogP contribution in [-0.2, 0) is 18.4 Å². The lowest BCUT2D eigenvalue weighted by Gasteiger charge is -2.41. The van der Waals surface area contributed by atoms with Gasteiger partial charge >= 0.3 is 7.82 Å². The molecule has 1 aliphatic rings. The molecule has 0 heterocycles. The molecule has 1 amide bonds. The molecule has 9 N–H and O–H groups in total. The summed E-state index contributed by atoms with van der Waals surface area (Å²) in [6, 6.07) is -1.26. The van der Waals surface area contributed by atoms with Crippen molar-refractivity contribution in [3.63, 3.8) is 0 Å². The largest absolute Gasteiger partial charge is 0.472 e. The molecule has 0 aromatic rings. The predicted octanol–water partition coefficient (Wildman–Crippen LogP) is 5.41. The third kappa shape index (κ3) is 22.9. The van der Waals surface area contributed by atoms with Crippen LogP contribution >= 0.6 is 7.82 Å². The normalized spacial score (nSPS) is 25.0. The molecule has 8 atom stereocenters. The van der Waals surface area contributed by atoms with Crippen molar-refractivity contribution in [3.8, 4) is 0 Å². The Labute approximate surface area is 324 Å². The summed E-state index contributed by atoms with van der Waals surface area (Å²) in [5.74, 6) is -0.610. The first-order valence-electron chi connectivity index (χ1n) is 20.5. The van der Waals surface area contributed by atoms with Gasteiger partial charge < -0.3 is 46.0 Å². The zero-order valence-corrected chi connectivity index (χ0v) is 33.8. The van der Waals surface area contributed by atoms with Gasteiger partial charge in [0, 0.05) is 0 Å². The van der Waals surface area contributed by atoms with Gasteiger partial charge in [0.2, 0.25) is 5.91 Å². The van der Waals surface area contributed by atoms with E-state index in [2.05, 4.69) is 37.4 Å². The SMILES string of the molecule is CCC/C=C/CC/C=C/CC/C=C/C(O)C(COP(=O)(O)OC1C(O)C(O)C(O)C(O)C1O)NC(=O)CC(O)CCCCCCCCCCCCCCC. The highest BCUT2D eigenvalue weighted by atomic mass is 31.2. The highest BCUT2D eigenvalue weighted by Gasteiger charge is 2.51. The average Bonchev–Trinajstić information content (AvgIpc) is 3.14. The molecule has 54 heavy (non-hydrogen) atoms. The van der Waals surface area contributed by atoms with Crippen molar-refractivity contribution in [2.75, 3.05) is 6.61 Å². The van der Waals surface area contributed by atoms with Crippen LogP contribution < -0.4 is 5.32 Å². The van der Waals surface area contributed by atoms with Crippen LogP contribution in [0.5, 0.6) is 0 Å². The third-order valence-corrected chi connectivity index (χ3v) is 10.7. The molecule has 316 valence electrons. The van der Waals surface area contributed by atoms with Gasteiger partial charge in [0.25, 0.3) is 0 Å². The molecular weight excluding hydrogens is 717 g/mol. The Hall–Kier alpha value is -1.48. The molecule has 14 heteroatoms. The van der Waals surface area contributed by atoms with Gasteiger partial charge in [-0.2, -0.15) is 0 Å². The quantitative estimate of drug-likeness (QED) is 0.0237. The number of nitrogens with one attached hydrogen (secondary N) is 1. The van der Waals surface area contributed by atoms with Crippen LogP contribution in [0.1, 0.15) is 149 Å². The van der Waals surface area contributed by atoms with Gasteiger partial charge in [-0.3, -0.25) is 13.8 Å². The van der Waals surface area contributed by atoms with Gasteiger partial charge in [-0.1, -0.05) is 140 Å². The number of phosphoric ester groups is 1. The van der Waals surface area contributed by atoms with Crippen molar-refractivity contribution in [1.82, 2.24) is 5.32 Å². The number of carbonyl (C=O) groups is 1. The molecule has 1 fully saturated rings. The van der Waals surface area contributed by atoms with Gasteiger partial charge in [-0.05, 0) is 38.5 Å². The van der Waals surface area contributed by atoms with E-state index in [0.717, 1.165) is 51.4 Å². The Morgan fingerprint density at radius 2 is 1.09 bits per heavy atom. The van der Waals surface area contributed by atoms with Crippen molar-refractivity contribution in [1.29, 1.82) is 0 Å². The van der Waals surface area contributed by atoms with E-state index in [1.807, 2.05) is 6.08 Å². The van der Waals surface area contributed by atoms with Crippen molar-refractivity contribution >= 4 is 13.7 Å². The summed E-state index contributed by atoms with van der Waals surface area (Å²) in [7, 11) is -5.14. The molecule has 8 unspecified atom stereocenters. The van der Waals surface area contributed by atoms with E-state index in [0.29, 0.717) is 19.3 Å². The number of rotatable bonds is 32. The highest BCUT2D eigenvalue weighted by Crippen LogP contribution is 2.47. The lowest BCUT2D eigenvalue weighted by Crippen LogP contribution is -2.64. The van der Waals surface area contributed by atoms with Crippen LogP contribution in [0.4, 0.5) is 0 Å². The molecule has 0 radical (unpaired) electrons. The highest BCUT2D eigenvalue weighted by molar-refractivity contribution is 7.47. The number of allylic oxidation sites excluding steroid dienone is 5. The number of amides is 1. The van der Waals surface area contributed by atoms with Crippen LogP contribution in [0, 0.1) is 0 Å². The molecule has 1 saturated carbocycles. The van der Waals surface area contributed by atoms with E-state index in [1.54, 1.807) is 6.08 Å². The maximum Gasteiger partial charge on any atom is 0.472 e. The first-order valence-corrected chi connectivity index (χ1v) is 22.0. The average molecular weight is 792 g/mol. The Morgan fingerprint density at radius 1 is 0.648 bits per heavy atom. The first kappa shape index (κ1) is 50.5. The summed E-state index contributed by atoms with van der Waals surface area (Å²) in [5, 5.41) is 74.1. The smallest absolute Gasteiger partial charge is 0.393 e. The fourth-order valence-electron chi connectivity index (χ4n) is 6.28. The molecule has 0 bridgehead atoms. The summed E-state index contributed by atoms with van der Waals surface area (Å²) in [5.41, 5.74) is 0. The maximum absolute atomic E-state index is 12.9. The number of phosphoric acid groups is 1. The molecule has 0 aliphatic heterocycles. The summed E-state index contributed by atoms with van der Waals surface area (Å²) in [4.78, 5) is 23.3. The number of hydrogen-bond donors (Lipinski definition) is 9. The molecule has 0 aromatic heterocycles. The van der Waals surface area contributed by atoms with Crippen LogP contribution in [0.3, 0.4) is 0 Å². The molecule has 13 nitrogen and oxygen atoms in total. The van der Waals surface area contributed by atoms with E-state index < -0.39 is 75.2 Å². The van der Waals surface area contributed by atoms with Crippen LogP contribution in [0.25, 0.3) is 0 Å². The minimum Gasteiger partial charge on any atom is -0.393 e. The van der Waals surface area contributed by atoms with E-state index in [9.17, 15) is 50.0 Å². The van der Waals surface area contributed by atoms with Gasteiger partial charge in [0.15, 0.2) is 0 Å². The second kappa shape index (κ2) is 30.6. The number of aliphatic hydroxyl groups excluding tert-OH is 7. The second-order valence-electron chi connectivity index (χ2n) is 14.7. The lowest BCUT2D eigenvalue weighted by molar-refractivity contribution is -0.220. The zero-order chi connectivity index (χ0) is 40.2. The predicted molar refractivity (Wildman–Crippen MR) is 210 cm³/mol. The zero-order valence-electron chi connectivity index (χ0n) is 32.9. The fraction of sp³-hybridized carbons (Fsp3) is 0.825. The summed E-state index contributed by atoms with van der Waals surface area (Å²) < 4.78 is 22.7. The molecule has 0 aromatic carbocycles. The van der Waals surface area contributed by atoms with E-state index in [-0.39, 0.29) is 6.42 Å². The standard InChI is InChI=1S/C40H74NO12P/c1-3-5-7-9-11-13-15-16-18-19-21-23-25-27-31(42)29-34(44)41-32(33(43)28-26-24-22-20-17-14-12-10-8-6-4-2)30-52-54(50,51)53-40-38(48)36(46)35(45)37(47)39(40)49/h8,10,17,20,26,28,31-33,35-40,42-43,45-49H,3-7,9,11-16,18-19,21-25,27,29-30H2,1-2H3,(H,41,44)(H,50,51)/b10-8+,20-17+,28-26+. The van der Waals surface area contributed by atoms with Crippen LogP contribution in [0.2, 0.25) is 0 Å². The maximum atomic E-state index is 12.9. The second-order valence-corrected chi connectivity index (χ2v) is 16.1. The molecule has 1 rings (SSSR count). The van der Waals surface area contributed by atoms with Gasteiger partial charge in [-0.25, -0.2) is 4.57 Å². The van der Waals surface area contributed by atoms with E-state index in [4.69, 9.17) is 9.05 Å². The van der Waals surface area contributed by atoms with Crippen molar-refractivity contribution in [2.24, 2.45) is 0 Å². The number of aliphatic hydroxyl groups is 7. The summed E-state index contributed by atoms with van der Waals surface area (Å²) >= 11 is 0. The van der Waals surface area contributed by atoms with Crippen LogP contribution in [0.15, 0.2) is 36.5 Å². The summed E-state index contributed by atoms with van der Waals surface area (Å²) in [6.45, 7) is 3.61. The molecule has 0 saturated heterocycles. The number of unbranched alkanes of at least 4 members (excludes halogenated alkanes) is 15. The van der Waals surface area contributed by atoms with Crippen molar-refractivity contribution in [2.45, 2.75) is 204 Å². The van der Waals surface area contributed by atoms with Crippen molar-refractivity contribution < 1.29 is 59.0 Å². The van der Waals surface area contributed by atoms with Crippen LogP contribution in [-0.4, -0.2) is 108 Å². The fourth-order valence-corrected chi connectivity index (χ4v) is 7.24. The first-order chi connectivity index (χ1) is 25.8. The minimum atomic E-state index is -5.14. The Kier molecular flexibility index (Phi) is 28.7. The molecule has 1 aliphatic carbocycles. The minimum absolute atomic E-state index is 0.254. The van der Waals surface area contributed by atoms with Gasteiger partial charge in [0.05, 0.1) is 31.3 Å². The molecular formula is C40H74NO12P. The Morgan fingerprint density at radius 3 is 1.59 bits per heavy atom. The van der Waals surface area contributed by atoms with Gasteiger partial charge in [0.1, 0.15) is 36.6 Å². The monoisotopic (exact) mass is 791 g/mol. The van der Waals surface area contributed by atoms with Gasteiger partial charge in [-0.15, -0.1) is 0 Å². The Bertz CT molecular complexity index is 1080.